The zero-order valence-corrected chi connectivity index (χ0v) is 10.8. The summed E-state index contributed by atoms with van der Waals surface area (Å²) in [5, 5.41) is 3.22. The summed E-state index contributed by atoms with van der Waals surface area (Å²) in [4.78, 5) is 0. The van der Waals surface area contributed by atoms with E-state index in [-0.39, 0.29) is 5.60 Å². The lowest BCUT2D eigenvalue weighted by Crippen LogP contribution is -2.38. The number of ether oxygens (including phenoxy) is 2. The largest absolute Gasteiger partial charge is 0.376 e. The fourth-order valence-electron chi connectivity index (χ4n) is 2.70. The van der Waals surface area contributed by atoms with E-state index in [1.165, 1.54) is 12.8 Å². The third kappa shape index (κ3) is 3.19. The summed E-state index contributed by atoms with van der Waals surface area (Å²) < 4.78 is 11.8. The van der Waals surface area contributed by atoms with Gasteiger partial charge in [-0.3, -0.25) is 0 Å². The summed E-state index contributed by atoms with van der Waals surface area (Å²) in [6, 6.07) is 0. The predicted octanol–water partition coefficient (Wildman–Crippen LogP) is 1.96. The van der Waals surface area contributed by atoms with Crippen LogP contribution in [-0.4, -0.2) is 38.0 Å². The van der Waals surface area contributed by atoms with Crippen LogP contribution in [-0.2, 0) is 9.47 Å². The van der Waals surface area contributed by atoms with Crippen molar-refractivity contribution in [1.29, 1.82) is 0 Å². The lowest BCUT2D eigenvalue weighted by molar-refractivity contribution is -0.0956. The maximum absolute atomic E-state index is 5.90. The van der Waals surface area contributed by atoms with Crippen LogP contribution < -0.4 is 5.32 Å². The fourth-order valence-corrected chi connectivity index (χ4v) is 2.70. The van der Waals surface area contributed by atoms with Crippen LogP contribution in [0, 0.1) is 5.92 Å². The van der Waals surface area contributed by atoms with Gasteiger partial charge in [-0.05, 0) is 59.0 Å². The third-order valence-corrected chi connectivity index (χ3v) is 3.76. The van der Waals surface area contributed by atoms with Crippen molar-refractivity contribution in [1.82, 2.24) is 5.32 Å². The molecule has 16 heavy (non-hydrogen) atoms. The maximum atomic E-state index is 5.90. The molecule has 1 aliphatic carbocycles. The topological polar surface area (TPSA) is 30.5 Å². The van der Waals surface area contributed by atoms with Crippen LogP contribution in [0.25, 0.3) is 0 Å². The Morgan fingerprint density at radius 2 is 2.12 bits per heavy atom. The van der Waals surface area contributed by atoms with Gasteiger partial charge in [0.15, 0.2) is 0 Å². The molecule has 1 saturated heterocycles. The third-order valence-electron chi connectivity index (χ3n) is 3.76. The standard InChI is InChI=1S/C13H25NO2/c1-13(2)5-4-11(16-13)9-15-12-6-10(7-12)8-14-3/h10-12,14H,4-9H2,1-3H3. The summed E-state index contributed by atoms with van der Waals surface area (Å²) >= 11 is 0. The molecule has 0 aromatic rings. The lowest BCUT2D eigenvalue weighted by atomic mass is 9.82. The van der Waals surface area contributed by atoms with Gasteiger partial charge in [-0.1, -0.05) is 0 Å². The molecule has 0 aromatic heterocycles. The maximum Gasteiger partial charge on any atom is 0.0816 e. The normalized spacial score (nSPS) is 37.3. The molecule has 3 heteroatoms. The van der Waals surface area contributed by atoms with Gasteiger partial charge >= 0.3 is 0 Å². The first-order chi connectivity index (χ1) is 7.59. The predicted molar refractivity (Wildman–Crippen MR) is 64.6 cm³/mol. The molecule has 2 rings (SSSR count). The van der Waals surface area contributed by atoms with Gasteiger partial charge in [0.25, 0.3) is 0 Å². The highest BCUT2D eigenvalue weighted by atomic mass is 16.6. The molecular weight excluding hydrogens is 202 g/mol. The molecule has 94 valence electrons. The van der Waals surface area contributed by atoms with E-state index in [0.29, 0.717) is 12.2 Å². The molecule has 1 saturated carbocycles. The summed E-state index contributed by atoms with van der Waals surface area (Å²) in [6.07, 6.45) is 5.57. The minimum absolute atomic E-state index is 0.0717. The van der Waals surface area contributed by atoms with Crippen molar-refractivity contribution in [3.05, 3.63) is 0 Å². The van der Waals surface area contributed by atoms with E-state index in [0.717, 1.165) is 31.9 Å². The fraction of sp³-hybridized carbons (Fsp3) is 1.00. The molecule has 2 aliphatic rings. The first-order valence-corrected chi connectivity index (χ1v) is 6.53. The molecule has 1 aliphatic heterocycles. The molecule has 0 bridgehead atoms. The minimum Gasteiger partial charge on any atom is -0.376 e. The SMILES string of the molecule is CNCC1CC(OCC2CCC(C)(C)O2)C1. The second-order valence-corrected chi connectivity index (χ2v) is 5.89. The van der Waals surface area contributed by atoms with E-state index in [9.17, 15) is 0 Å². The van der Waals surface area contributed by atoms with Gasteiger partial charge in [0.2, 0.25) is 0 Å². The molecule has 1 atom stereocenters. The molecule has 0 spiro atoms. The quantitative estimate of drug-likeness (QED) is 0.779. The molecular formula is C13H25NO2. The highest BCUT2D eigenvalue weighted by Crippen LogP contribution is 2.32. The van der Waals surface area contributed by atoms with Gasteiger partial charge in [0, 0.05) is 0 Å². The average Bonchev–Trinajstić information content (AvgIpc) is 2.49. The Labute approximate surface area is 98.9 Å². The number of hydrogen-bond donors (Lipinski definition) is 1. The van der Waals surface area contributed by atoms with Crippen molar-refractivity contribution in [2.75, 3.05) is 20.2 Å². The molecule has 1 N–H and O–H groups in total. The van der Waals surface area contributed by atoms with Crippen LogP contribution in [0.3, 0.4) is 0 Å². The Hall–Kier alpha value is -0.120. The first kappa shape index (κ1) is 12.3. The molecule has 0 aromatic carbocycles. The number of rotatable bonds is 5. The summed E-state index contributed by atoms with van der Waals surface area (Å²) in [5.41, 5.74) is 0.0717. The van der Waals surface area contributed by atoms with Crippen LogP contribution in [0.2, 0.25) is 0 Å². The van der Waals surface area contributed by atoms with Crippen LogP contribution in [0.4, 0.5) is 0 Å². The molecule has 2 fully saturated rings. The summed E-state index contributed by atoms with van der Waals surface area (Å²) in [5.74, 6) is 0.830. The second-order valence-electron chi connectivity index (χ2n) is 5.89. The van der Waals surface area contributed by atoms with Gasteiger partial charge in [-0.2, -0.15) is 0 Å². The highest BCUT2D eigenvalue weighted by molar-refractivity contribution is 4.84. The smallest absolute Gasteiger partial charge is 0.0816 e. The van der Waals surface area contributed by atoms with Gasteiger partial charge in [-0.25, -0.2) is 0 Å². The zero-order chi connectivity index (χ0) is 11.6. The highest BCUT2D eigenvalue weighted by Gasteiger charge is 2.34. The van der Waals surface area contributed by atoms with Crippen LogP contribution in [0.5, 0.6) is 0 Å². The summed E-state index contributed by atoms with van der Waals surface area (Å²) in [6.45, 7) is 6.26. The molecule has 3 nitrogen and oxygen atoms in total. The lowest BCUT2D eigenvalue weighted by Gasteiger charge is -2.35. The molecule has 1 unspecified atom stereocenters. The Balaban J connectivity index is 1.56. The van der Waals surface area contributed by atoms with Crippen molar-refractivity contribution in [2.45, 2.75) is 57.3 Å². The van der Waals surface area contributed by atoms with Gasteiger partial charge in [0.05, 0.1) is 24.4 Å². The minimum atomic E-state index is 0.0717. The van der Waals surface area contributed by atoms with Gasteiger partial charge in [0.1, 0.15) is 0 Å². The van der Waals surface area contributed by atoms with Crippen LogP contribution in [0.1, 0.15) is 39.5 Å². The van der Waals surface area contributed by atoms with Crippen molar-refractivity contribution in [2.24, 2.45) is 5.92 Å². The van der Waals surface area contributed by atoms with E-state index in [2.05, 4.69) is 19.2 Å². The van der Waals surface area contributed by atoms with Crippen LogP contribution in [0.15, 0.2) is 0 Å². The van der Waals surface area contributed by atoms with Crippen molar-refractivity contribution < 1.29 is 9.47 Å². The van der Waals surface area contributed by atoms with Gasteiger partial charge < -0.3 is 14.8 Å². The van der Waals surface area contributed by atoms with Crippen molar-refractivity contribution in [3.63, 3.8) is 0 Å². The van der Waals surface area contributed by atoms with E-state index in [4.69, 9.17) is 9.47 Å². The Morgan fingerprint density at radius 1 is 1.38 bits per heavy atom. The molecule has 0 radical (unpaired) electrons. The second kappa shape index (κ2) is 5.03. The average molecular weight is 227 g/mol. The number of nitrogens with one attached hydrogen (secondary N) is 1. The van der Waals surface area contributed by atoms with E-state index >= 15 is 0 Å². The van der Waals surface area contributed by atoms with E-state index in [1.54, 1.807) is 0 Å². The van der Waals surface area contributed by atoms with Crippen molar-refractivity contribution in [3.8, 4) is 0 Å². The summed E-state index contributed by atoms with van der Waals surface area (Å²) in [7, 11) is 2.02. The molecule has 0 amide bonds. The first-order valence-electron chi connectivity index (χ1n) is 6.53. The van der Waals surface area contributed by atoms with E-state index in [1.807, 2.05) is 7.05 Å². The van der Waals surface area contributed by atoms with Crippen LogP contribution >= 0.6 is 0 Å². The number of hydrogen-bond acceptors (Lipinski definition) is 3. The Kier molecular flexibility index (Phi) is 3.88. The monoisotopic (exact) mass is 227 g/mol. The Bertz CT molecular complexity index is 224. The van der Waals surface area contributed by atoms with E-state index < -0.39 is 0 Å². The van der Waals surface area contributed by atoms with Crippen molar-refractivity contribution >= 4 is 0 Å². The molecule has 1 heterocycles. The zero-order valence-electron chi connectivity index (χ0n) is 10.8. The van der Waals surface area contributed by atoms with Gasteiger partial charge in [-0.15, -0.1) is 0 Å². The Morgan fingerprint density at radius 3 is 2.69 bits per heavy atom.